The lowest BCUT2D eigenvalue weighted by molar-refractivity contribution is -0.131. The molecule has 0 radical (unpaired) electrons. The van der Waals surface area contributed by atoms with Crippen LogP contribution in [0.4, 0.5) is 5.69 Å². The number of nitrogen functional groups attached to an aromatic ring is 1. The van der Waals surface area contributed by atoms with Crippen molar-refractivity contribution < 1.29 is 9.63 Å². The number of hydroxylamine groups is 1. The molecule has 0 saturated heterocycles. The van der Waals surface area contributed by atoms with Crippen molar-refractivity contribution in [3.63, 3.8) is 0 Å². The molecule has 14 heavy (non-hydrogen) atoms. The number of benzene rings is 1. The molecule has 76 valence electrons. The lowest BCUT2D eigenvalue weighted by Gasteiger charge is -2.04. The summed E-state index contributed by atoms with van der Waals surface area (Å²) < 4.78 is 0. The molecular weight excluding hydrogens is 180 g/mol. The molecule has 4 nitrogen and oxygen atoms in total. The maximum atomic E-state index is 11.1. The van der Waals surface area contributed by atoms with Gasteiger partial charge in [-0.1, -0.05) is 18.2 Å². The molecule has 0 atom stereocenters. The van der Waals surface area contributed by atoms with Gasteiger partial charge in [0.2, 0.25) is 5.91 Å². The predicted molar refractivity (Wildman–Crippen MR) is 54.3 cm³/mol. The molecule has 0 aliphatic rings. The van der Waals surface area contributed by atoms with E-state index in [1.807, 2.05) is 24.3 Å². The Morgan fingerprint density at radius 3 is 2.86 bits per heavy atom. The Morgan fingerprint density at radius 2 is 2.21 bits per heavy atom. The average molecular weight is 194 g/mol. The summed E-state index contributed by atoms with van der Waals surface area (Å²) in [5, 5.41) is 0. The van der Waals surface area contributed by atoms with Gasteiger partial charge >= 0.3 is 0 Å². The summed E-state index contributed by atoms with van der Waals surface area (Å²) in [6, 6.07) is 7.51. The molecule has 1 amide bonds. The predicted octanol–water partition coefficient (Wildman–Crippen LogP) is 0.879. The summed E-state index contributed by atoms with van der Waals surface area (Å²) >= 11 is 0. The lowest BCUT2D eigenvalue weighted by Crippen LogP contribution is -2.22. The second-order valence-electron chi connectivity index (χ2n) is 2.93. The number of anilines is 1. The van der Waals surface area contributed by atoms with Crippen molar-refractivity contribution >= 4 is 11.6 Å². The zero-order valence-electron chi connectivity index (χ0n) is 8.12. The first-order chi connectivity index (χ1) is 6.74. The van der Waals surface area contributed by atoms with Crippen molar-refractivity contribution in [1.82, 2.24) is 5.48 Å². The summed E-state index contributed by atoms with van der Waals surface area (Å²) in [5.74, 6) is -0.143. The second kappa shape index (κ2) is 5.24. The summed E-state index contributed by atoms with van der Waals surface area (Å²) in [4.78, 5) is 15.5. The van der Waals surface area contributed by atoms with Crippen LogP contribution in [0.5, 0.6) is 0 Å². The molecule has 4 heteroatoms. The first-order valence-corrected chi connectivity index (χ1v) is 4.39. The minimum Gasteiger partial charge on any atom is -0.399 e. The van der Waals surface area contributed by atoms with Crippen LogP contribution in [0.15, 0.2) is 24.3 Å². The van der Waals surface area contributed by atoms with E-state index in [1.165, 1.54) is 7.11 Å². The van der Waals surface area contributed by atoms with E-state index in [9.17, 15) is 4.79 Å². The number of aryl methyl sites for hydroxylation is 1. The Balaban J connectivity index is 2.46. The average Bonchev–Trinajstić information content (AvgIpc) is 2.17. The summed E-state index contributed by atoms with van der Waals surface area (Å²) in [6.45, 7) is 0. The van der Waals surface area contributed by atoms with Gasteiger partial charge in [0.15, 0.2) is 0 Å². The quantitative estimate of drug-likeness (QED) is 0.552. The summed E-state index contributed by atoms with van der Waals surface area (Å²) in [6.07, 6.45) is 1.00. The number of para-hydroxylation sites is 1. The minimum absolute atomic E-state index is 0.143. The zero-order chi connectivity index (χ0) is 10.4. The van der Waals surface area contributed by atoms with Crippen molar-refractivity contribution in [3.8, 4) is 0 Å². The van der Waals surface area contributed by atoms with E-state index >= 15 is 0 Å². The third-order valence-corrected chi connectivity index (χ3v) is 1.89. The number of amides is 1. The van der Waals surface area contributed by atoms with Crippen LogP contribution in [-0.4, -0.2) is 13.0 Å². The highest BCUT2D eigenvalue weighted by atomic mass is 16.6. The Bertz CT molecular complexity index is 313. The Morgan fingerprint density at radius 1 is 1.50 bits per heavy atom. The van der Waals surface area contributed by atoms with Crippen molar-refractivity contribution in [3.05, 3.63) is 29.8 Å². The maximum Gasteiger partial charge on any atom is 0.243 e. The fourth-order valence-electron chi connectivity index (χ4n) is 1.17. The number of carbonyl (C=O) groups is 1. The number of rotatable bonds is 4. The summed E-state index contributed by atoms with van der Waals surface area (Å²) in [5.41, 5.74) is 9.68. The van der Waals surface area contributed by atoms with E-state index in [-0.39, 0.29) is 5.91 Å². The van der Waals surface area contributed by atoms with E-state index < -0.39 is 0 Å². The monoisotopic (exact) mass is 194 g/mol. The van der Waals surface area contributed by atoms with Crippen molar-refractivity contribution in [2.75, 3.05) is 12.8 Å². The first-order valence-electron chi connectivity index (χ1n) is 4.39. The molecule has 0 bridgehead atoms. The Labute approximate surface area is 83.0 Å². The topological polar surface area (TPSA) is 64.3 Å². The molecule has 1 aromatic carbocycles. The maximum absolute atomic E-state index is 11.1. The molecule has 0 spiro atoms. The Kier molecular flexibility index (Phi) is 3.94. The van der Waals surface area contributed by atoms with E-state index in [2.05, 4.69) is 10.3 Å². The standard InChI is InChI=1S/C10H14N2O2/c1-14-12-10(13)7-6-8-4-2-3-5-9(8)11/h2-5H,6-7,11H2,1H3,(H,12,13). The molecule has 0 aromatic heterocycles. The van der Waals surface area contributed by atoms with E-state index in [4.69, 9.17) is 5.73 Å². The van der Waals surface area contributed by atoms with Gasteiger partial charge in [0, 0.05) is 12.1 Å². The Hall–Kier alpha value is -1.55. The third-order valence-electron chi connectivity index (χ3n) is 1.89. The molecule has 1 aromatic rings. The normalized spacial score (nSPS) is 9.79. The van der Waals surface area contributed by atoms with Crippen molar-refractivity contribution in [1.29, 1.82) is 0 Å². The molecule has 0 heterocycles. The number of hydrogen-bond acceptors (Lipinski definition) is 3. The summed E-state index contributed by atoms with van der Waals surface area (Å²) in [7, 11) is 1.41. The molecule has 0 aliphatic heterocycles. The van der Waals surface area contributed by atoms with E-state index in [1.54, 1.807) is 0 Å². The fourth-order valence-corrected chi connectivity index (χ4v) is 1.17. The highest BCUT2D eigenvalue weighted by molar-refractivity contribution is 5.75. The van der Waals surface area contributed by atoms with Crippen LogP contribution >= 0.6 is 0 Å². The molecule has 0 unspecified atom stereocenters. The van der Waals surface area contributed by atoms with Gasteiger partial charge in [0.25, 0.3) is 0 Å². The smallest absolute Gasteiger partial charge is 0.243 e. The molecule has 0 saturated carbocycles. The van der Waals surface area contributed by atoms with Gasteiger partial charge in [-0.2, -0.15) is 0 Å². The lowest BCUT2D eigenvalue weighted by atomic mass is 10.1. The largest absolute Gasteiger partial charge is 0.399 e. The van der Waals surface area contributed by atoms with Gasteiger partial charge < -0.3 is 5.73 Å². The van der Waals surface area contributed by atoms with Crippen LogP contribution in [0.3, 0.4) is 0 Å². The number of hydrogen-bond donors (Lipinski definition) is 2. The molecule has 0 aliphatic carbocycles. The van der Waals surface area contributed by atoms with Crippen LogP contribution in [0.25, 0.3) is 0 Å². The first kappa shape index (κ1) is 10.5. The minimum atomic E-state index is -0.143. The molecular formula is C10H14N2O2. The van der Waals surface area contributed by atoms with Gasteiger partial charge in [-0.25, -0.2) is 5.48 Å². The van der Waals surface area contributed by atoms with Gasteiger partial charge in [-0.3, -0.25) is 9.63 Å². The molecule has 0 fully saturated rings. The number of carbonyl (C=O) groups excluding carboxylic acids is 1. The van der Waals surface area contributed by atoms with Gasteiger partial charge in [0.1, 0.15) is 0 Å². The number of nitrogens with two attached hydrogens (primary N) is 1. The van der Waals surface area contributed by atoms with Crippen LogP contribution in [0, 0.1) is 0 Å². The van der Waals surface area contributed by atoms with Crippen molar-refractivity contribution in [2.45, 2.75) is 12.8 Å². The number of nitrogens with one attached hydrogen (secondary N) is 1. The highest BCUT2D eigenvalue weighted by Gasteiger charge is 2.02. The van der Waals surface area contributed by atoms with Gasteiger partial charge in [-0.15, -0.1) is 0 Å². The SMILES string of the molecule is CONC(=O)CCc1ccccc1N. The van der Waals surface area contributed by atoms with Crippen LogP contribution in [0.2, 0.25) is 0 Å². The zero-order valence-corrected chi connectivity index (χ0v) is 8.12. The third kappa shape index (κ3) is 3.06. The fraction of sp³-hybridized carbons (Fsp3) is 0.300. The van der Waals surface area contributed by atoms with E-state index in [0.717, 1.165) is 11.3 Å². The highest BCUT2D eigenvalue weighted by Crippen LogP contribution is 2.12. The van der Waals surface area contributed by atoms with E-state index in [0.29, 0.717) is 12.8 Å². The second-order valence-corrected chi connectivity index (χ2v) is 2.93. The van der Waals surface area contributed by atoms with Crippen LogP contribution in [0.1, 0.15) is 12.0 Å². The van der Waals surface area contributed by atoms with Crippen molar-refractivity contribution in [2.24, 2.45) is 0 Å². The van der Waals surface area contributed by atoms with Gasteiger partial charge in [0.05, 0.1) is 7.11 Å². The van der Waals surface area contributed by atoms with Crippen LogP contribution < -0.4 is 11.2 Å². The van der Waals surface area contributed by atoms with Crippen LogP contribution in [-0.2, 0) is 16.1 Å². The molecule has 3 N–H and O–H groups in total. The van der Waals surface area contributed by atoms with Gasteiger partial charge in [-0.05, 0) is 18.1 Å². The molecule has 1 rings (SSSR count).